The lowest BCUT2D eigenvalue weighted by molar-refractivity contribution is 0.927. The molecule has 1 aromatic heterocycles. The van der Waals surface area contributed by atoms with E-state index in [1.807, 2.05) is 24.3 Å². The van der Waals surface area contributed by atoms with Crippen molar-refractivity contribution in [3.8, 4) is 0 Å². The average Bonchev–Trinajstić information content (AvgIpc) is 2.56. The molecule has 0 fully saturated rings. The molecule has 1 N–H and O–H groups in total. The smallest absolute Gasteiger partial charge is 0.271 e. The Bertz CT molecular complexity index is 897. The second kappa shape index (κ2) is 8.25. The SMILES string of the molecule is Clc1ccc(CN=Nc2nc(Cl)cc(Nc3cccc(Cl)c3)n2)cc1. The van der Waals surface area contributed by atoms with E-state index in [1.54, 1.807) is 30.3 Å². The first-order valence-electron chi connectivity index (χ1n) is 7.27. The van der Waals surface area contributed by atoms with Crippen molar-refractivity contribution in [1.82, 2.24) is 9.97 Å². The number of nitrogens with one attached hydrogen (secondary N) is 1. The van der Waals surface area contributed by atoms with Crippen LogP contribution in [0.25, 0.3) is 0 Å². The van der Waals surface area contributed by atoms with Gasteiger partial charge in [0.2, 0.25) is 0 Å². The van der Waals surface area contributed by atoms with Crippen molar-refractivity contribution in [3.05, 3.63) is 75.4 Å². The van der Waals surface area contributed by atoms with Gasteiger partial charge >= 0.3 is 0 Å². The van der Waals surface area contributed by atoms with E-state index < -0.39 is 0 Å². The van der Waals surface area contributed by atoms with Crippen molar-refractivity contribution in [2.24, 2.45) is 10.2 Å². The molecule has 25 heavy (non-hydrogen) atoms. The summed E-state index contributed by atoms with van der Waals surface area (Å²) >= 11 is 17.8. The van der Waals surface area contributed by atoms with Gasteiger partial charge in [-0.1, -0.05) is 53.0 Å². The molecular weight excluding hydrogens is 381 g/mol. The third-order valence-electron chi connectivity index (χ3n) is 3.11. The summed E-state index contributed by atoms with van der Waals surface area (Å²) in [5.74, 6) is 0.675. The van der Waals surface area contributed by atoms with Crippen LogP contribution in [-0.2, 0) is 6.54 Å². The average molecular weight is 393 g/mol. The summed E-state index contributed by atoms with van der Waals surface area (Å²) < 4.78 is 0. The Morgan fingerprint density at radius 1 is 0.880 bits per heavy atom. The molecule has 3 rings (SSSR count). The maximum atomic E-state index is 6.03. The molecule has 0 aliphatic heterocycles. The second-order valence-electron chi connectivity index (χ2n) is 5.04. The number of hydrogen-bond donors (Lipinski definition) is 1. The maximum absolute atomic E-state index is 6.03. The Labute approximate surface area is 159 Å². The summed E-state index contributed by atoms with van der Waals surface area (Å²) in [6, 6.07) is 16.2. The molecule has 126 valence electrons. The van der Waals surface area contributed by atoms with Gasteiger partial charge < -0.3 is 5.32 Å². The number of hydrogen-bond acceptors (Lipinski definition) is 5. The van der Waals surface area contributed by atoms with E-state index >= 15 is 0 Å². The third kappa shape index (κ3) is 5.39. The zero-order chi connectivity index (χ0) is 17.6. The van der Waals surface area contributed by atoms with Crippen molar-refractivity contribution < 1.29 is 0 Å². The number of azo groups is 1. The molecule has 0 atom stereocenters. The maximum Gasteiger partial charge on any atom is 0.271 e. The number of anilines is 2. The van der Waals surface area contributed by atoms with Crippen LogP contribution in [-0.4, -0.2) is 9.97 Å². The summed E-state index contributed by atoms with van der Waals surface area (Å²) in [5, 5.41) is 12.8. The van der Waals surface area contributed by atoms with Crippen molar-refractivity contribution in [2.45, 2.75) is 6.54 Å². The van der Waals surface area contributed by atoms with Crippen molar-refractivity contribution in [1.29, 1.82) is 0 Å². The van der Waals surface area contributed by atoms with Gasteiger partial charge in [-0.05, 0) is 35.9 Å². The lowest BCUT2D eigenvalue weighted by Gasteiger charge is -2.06. The summed E-state index contributed by atoms with van der Waals surface area (Å²) in [6.45, 7) is 0.393. The van der Waals surface area contributed by atoms with E-state index in [0.29, 0.717) is 22.4 Å². The van der Waals surface area contributed by atoms with Crippen LogP contribution in [0.2, 0.25) is 15.2 Å². The molecule has 0 aliphatic carbocycles. The van der Waals surface area contributed by atoms with Gasteiger partial charge in [0.1, 0.15) is 11.0 Å². The van der Waals surface area contributed by atoms with Gasteiger partial charge in [0.05, 0.1) is 6.54 Å². The Kier molecular flexibility index (Phi) is 5.81. The van der Waals surface area contributed by atoms with Gasteiger partial charge in [-0.2, -0.15) is 15.1 Å². The van der Waals surface area contributed by atoms with Crippen LogP contribution in [0.4, 0.5) is 17.5 Å². The highest BCUT2D eigenvalue weighted by atomic mass is 35.5. The highest BCUT2D eigenvalue weighted by Crippen LogP contribution is 2.22. The molecule has 0 bridgehead atoms. The Morgan fingerprint density at radius 3 is 2.44 bits per heavy atom. The Morgan fingerprint density at radius 2 is 1.68 bits per heavy atom. The molecule has 0 amide bonds. The molecule has 8 heteroatoms. The van der Waals surface area contributed by atoms with E-state index in [-0.39, 0.29) is 11.1 Å². The molecule has 0 saturated heterocycles. The van der Waals surface area contributed by atoms with E-state index in [0.717, 1.165) is 11.3 Å². The predicted octanol–water partition coefficient (Wildman–Crippen LogP) is 6.46. The van der Waals surface area contributed by atoms with Crippen LogP contribution >= 0.6 is 34.8 Å². The first kappa shape index (κ1) is 17.6. The van der Waals surface area contributed by atoms with Crippen LogP contribution < -0.4 is 5.32 Å². The molecule has 1 heterocycles. The fraction of sp³-hybridized carbons (Fsp3) is 0.0588. The number of benzene rings is 2. The van der Waals surface area contributed by atoms with Crippen LogP contribution in [0, 0.1) is 0 Å². The lowest BCUT2D eigenvalue weighted by atomic mass is 10.2. The van der Waals surface area contributed by atoms with Gasteiger partial charge in [0.25, 0.3) is 5.95 Å². The highest BCUT2D eigenvalue weighted by molar-refractivity contribution is 6.31. The topological polar surface area (TPSA) is 62.5 Å². The Hall–Kier alpha value is -2.21. The zero-order valence-corrected chi connectivity index (χ0v) is 15.1. The van der Waals surface area contributed by atoms with Crippen LogP contribution in [0.5, 0.6) is 0 Å². The monoisotopic (exact) mass is 391 g/mol. The molecule has 0 aliphatic rings. The van der Waals surface area contributed by atoms with E-state index in [1.165, 1.54) is 0 Å². The number of halogens is 3. The third-order valence-corrected chi connectivity index (χ3v) is 3.79. The zero-order valence-electron chi connectivity index (χ0n) is 12.8. The lowest BCUT2D eigenvalue weighted by Crippen LogP contribution is -1.95. The number of nitrogens with zero attached hydrogens (tertiary/aromatic N) is 4. The van der Waals surface area contributed by atoms with Crippen LogP contribution in [0.3, 0.4) is 0 Å². The quantitative estimate of drug-likeness (QED) is 0.400. The predicted molar refractivity (Wildman–Crippen MR) is 101 cm³/mol. The molecule has 5 nitrogen and oxygen atoms in total. The second-order valence-corrected chi connectivity index (χ2v) is 6.30. The number of rotatable bonds is 5. The normalized spacial score (nSPS) is 11.0. The van der Waals surface area contributed by atoms with Crippen molar-refractivity contribution in [3.63, 3.8) is 0 Å². The van der Waals surface area contributed by atoms with Crippen LogP contribution in [0.1, 0.15) is 5.56 Å². The van der Waals surface area contributed by atoms with Crippen molar-refractivity contribution in [2.75, 3.05) is 5.32 Å². The summed E-state index contributed by atoms with van der Waals surface area (Å²) in [6.07, 6.45) is 0. The summed E-state index contributed by atoms with van der Waals surface area (Å²) in [7, 11) is 0. The van der Waals surface area contributed by atoms with E-state index in [4.69, 9.17) is 34.8 Å². The molecule has 0 radical (unpaired) electrons. The van der Waals surface area contributed by atoms with E-state index in [9.17, 15) is 0 Å². The highest BCUT2D eigenvalue weighted by Gasteiger charge is 2.04. The fourth-order valence-corrected chi connectivity index (χ4v) is 2.49. The van der Waals surface area contributed by atoms with E-state index in [2.05, 4.69) is 25.5 Å². The molecule has 0 saturated carbocycles. The van der Waals surface area contributed by atoms with Crippen LogP contribution in [0.15, 0.2) is 64.8 Å². The van der Waals surface area contributed by atoms with Gasteiger partial charge in [-0.25, -0.2) is 0 Å². The fourth-order valence-electron chi connectivity index (χ4n) is 2.00. The molecule has 3 aromatic rings. The largest absolute Gasteiger partial charge is 0.340 e. The minimum Gasteiger partial charge on any atom is -0.340 e. The van der Waals surface area contributed by atoms with Gasteiger partial charge in [0, 0.05) is 21.8 Å². The van der Waals surface area contributed by atoms with Gasteiger partial charge in [-0.15, -0.1) is 5.11 Å². The van der Waals surface area contributed by atoms with Gasteiger partial charge in [-0.3, -0.25) is 0 Å². The molecule has 0 unspecified atom stereocenters. The summed E-state index contributed by atoms with van der Waals surface area (Å²) in [4.78, 5) is 8.32. The summed E-state index contributed by atoms with van der Waals surface area (Å²) in [5.41, 5.74) is 1.76. The molecule has 0 spiro atoms. The van der Waals surface area contributed by atoms with Gasteiger partial charge in [0.15, 0.2) is 0 Å². The minimum atomic E-state index is 0.172. The first-order chi connectivity index (χ1) is 12.1. The minimum absolute atomic E-state index is 0.172. The standard InChI is InChI=1S/C17H12Cl3N5/c18-12-6-4-11(5-7-12)10-21-25-17-23-15(20)9-16(24-17)22-14-3-1-2-13(19)8-14/h1-9H,10H2,(H,22,23,24). The number of aromatic nitrogens is 2. The van der Waals surface area contributed by atoms with Crippen molar-refractivity contribution >= 4 is 52.3 Å². The molecular formula is C17H12Cl3N5. The Balaban J connectivity index is 1.72. The first-order valence-corrected chi connectivity index (χ1v) is 8.41. The molecule has 2 aromatic carbocycles.